The van der Waals surface area contributed by atoms with Gasteiger partial charge in [-0.25, -0.2) is 0 Å². The van der Waals surface area contributed by atoms with Crippen molar-refractivity contribution in [3.05, 3.63) is 30.0 Å². The van der Waals surface area contributed by atoms with E-state index in [1.165, 1.54) is 0 Å². The van der Waals surface area contributed by atoms with Crippen LogP contribution in [0, 0.1) is 0 Å². The molecule has 1 saturated heterocycles. The van der Waals surface area contributed by atoms with Crippen LogP contribution in [0.3, 0.4) is 0 Å². The molecule has 0 bridgehead atoms. The summed E-state index contributed by atoms with van der Waals surface area (Å²) < 4.78 is 16.9. The van der Waals surface area contributed by atoms with Crippen molar-refractivity contribution < 1.29 is 13.9 Å². The number of hydrogen-bond acceptors (Lipinski definition) is 4. The second-order valence-corrected chi connectivity index (χ2v) is 5.55. The summed E-state index contributed by atoms with van der Waals surface area (Å²) in [5, 5.41) is 1.11. The van der Waals surface area contributed by atoms with E-state index in [2.05, 4.69) is 17.9 Å². The topological polar surface area (TPSA) is 34.8 Å². The molecule has 114 valence electrons. The molecule has 0 atom stereocenters. The number of hydrogen-bond donors (Lipinski definition) is 0. The summed E-state index contributed by atoms with van der Waals surface area (Å²) in [6.07, 6.45) is 2.66. The molecule has 1 aromatic carbocycles. The lowest BCUT2D eigenvalue weighted by molar-refractivity contribution is 0.0113. The molecular formula is C17H23NO3. The van der Waals surface area contributed by atoms with Gasteiger partial charge in [-0.05, 0) is 44.0 Å². The summed E-state index contributed by atoms with van der Waals surface area (Å²) in [7, 11) is 1.69. The van der Waals surface area contributed by atoms with Gasteiger partial charge in [-0.3, -0.25) is 4.90 Å². The Morgan fingerprint density at radius 1 is 1.24 bits per heavy atom. The third-order valence-electron chi connectivity index (χ3n) is 4.09. The summed E-state index contributed by atoms with van der Waals surface area (Å²) >= 11 is 0. The van der Waals surface area contributed by atoms with Gasteiger partial charge in [0.05, 0.1) is 19.8 Å². The van der Waals surface area contributed by atoms with E-state index in [1.54, 1.807) is 7.11 Å². The fourth-order valence-electron chi connectivity index (χ4n) is 2.97. The van der Waals surface area contributed by atoms with Crippen molar-refractivity contribution in [1.82, 2.24) is 4.90 Å². The lowest BCUT2D eigenvalue weighted by Crippen LogP contribution is -2.36. The molecule has 0 aliphatic carbocycles. The molecule has 0 amide bonds. The number of furan rings is 1. The van der Waals surface area contributed by atoms with E-state index in [0.29, 0.717) is 6.10 Å². The Morgan fingerprint density at radius 3 is 2.76 bits per heavy atom. The average Bonchev–Trinajstić information content (AvgIpc) is 2.90. The minimum absolute atomic E-state index is 0.436. The van der Waals surface area contributed by atoms with E-state index < -0.39 is 0 Å². The number of ether oxygens (including phenoxy) is 2. The van der Waals surface area contributed by atoms with E-state index in [1.807, 2.05) is 18.2 Å². The van der Waals surface area contributed by atoms with Gasteiger partial charge in [0.25, 0.3) is 0 Å². The standard InChI is InChI=1S/C17H23NO3/c1-3-20-14-6-8-18(9-7-14)12-16-11-13-10-15(19-2)4-5-17(13)21-16/h4-5,10-11,14H,3,6-9,12H2,1-2H3. The molecule has 0 unspecified atom stereocenters. The predicted molar refractivity (Wildman–Crippen MR) is 82.7 cm³/mol. The predicted octanol–water partition coefficient (Wildman–Crippen LogP) is 3.44. The van der Waals surface area contributed by atoms with Crippen LogP contribution in [-0.4, -0.2) is 37.8 Å². The largest absolute Gasteiger partial charge is 0.497 e. The molecule has 0 saturated carbocycles. The van der Waals surface area contributed by atoms with E-state index in [4.69, 9.17) is 13.9 Å². The van der Waals surface area contributed by atoms with Gasteiger partial charge in [0.15, 0.2) is 0 Å². The smallest absolute Gasteiger partial charge is 0.134 e. The van der Waals surface area contributed by atoms with Crippen LogP contribution < -0.4 is 4.74 Å². The van der Waals surface area contributed by atoms with Crippen molar-refractivity contribution in [2.75, 3.05) is 26.8 Å². The van der Waals surface area contributed by atoms with Crippen LogP contribution >= 0.6 is 0 Å². The van der Waals surface area contributed by atoms with Crippen molar-refractivity contribution in [3.63, 3.8) is 0 Å². The maximum absolute atomic E-state index is 5.92. The number of methoxy groups -OCH3 is 1. The first-order chi connectivity index (χ1) is 10.3. The molecule has 0 radical (unpaired) electrons. The van der Waals surface area contributed by atoms with Gasteiger partial charge >= 0.3 is 0 Å². The summed E-state index contributed by atoms with van der Waals surface area (Å²) in [6, 6.07) is 8.04. The summed E-state index contributed by atoms with van der Waals surface area (Å²) in [4.78, 5) is 2.43. The number of nitrogens with zero attached hydrogens (tertiary/aromatic N) is 1. The van der Waals surface area contributed by atoms with Crippen LogP contribution in [0.25, 0.3) is 11.0 Å². The van der Waals surface area contributed by atoms with Gasteiger partial charge < -0.3 is 13.9 Å². The lowest BCUT2D eigenvalue weighted by atomic mass is 10.1. The van der Waals surface area contributed by atoms with Crippen LogP contribution in [0.1, 0.15) is 25.5 Å². The Balaban J connectivity index is 1.63. The van der Waals surface area contributed by atoms with E-state index in [-0.39, 0.29) is 0 Å². The molecule has 2 heterocycles. The number of fused-ring (bicyclic) bond motifs is 1. The van der Waals surface area contributed by atoms with Crippen molar-refractivity contribution in [1.29, 1.82) is 0 Å². The SMILES string of the molecule is CCOC1CCN(Cc2cc3cc(OC)ccc3o2)CC1. The lowest BCUT2D eigenvalue weighted by Gasteiger charge is -2.30. The quantitative estimate of drug-likeness (QED) is 0.844. The highest BCUT2D eigenvalue weighted by atomic mass is 16.5. The minimum Gasteiger partial charge on any atom is -0.497 e. The fourth-order valence-corrected chi connectivity index (χ4v) is 2.97. The molecule has 1 aliphatic rings. The Morgan fingerprint density at radius 2 is 2.05 bits per heavy atom. The van der Waals surface area contributed by atoms with Crippen molar-refractivity contribution in [2.24, 2.45) is 0 Å². The molecule has 1 aliphatic heterocycles. The van der Waals surface area contributed by atoms with Crippen molar-refractivity contribution in [2.45, 2.75) is 32.4 Å². The second kappa shape index (κ2) is 6.50. The normalized spacial score (nSPS) is 17.4. The minimum atomic E-state index is 0.436. The molecule has 4 heteroatoms. The maximum Gasteiger partial charge on any atom is 0.134 e. The Labute approximate surface area is 125 Å². The summed E-state index contributed by atoms with van der Waals surface area (Å²) in [5.74, 6) is 1.89. The zero-order chi connectivity index (χ0) is 14.7. The molecule has 21 heavy (non-hydrogen) atoms. The van der Waals surface area contributed by atoms with Gasteiger partial charge in [0.1, 0.15) is 17.1 Å². The van der Waals surface area contributed by atoms with Crippen LogP contribution in [0.2, 0.25) is 0 Å². The number of piperidine rings is 1. The van der Waals surface area contributed by atoms with Gasteiger partial charge in [-0.15, -0.1) is 0 Å². The second-order valence-electron chi connectivity index (χ2n) is 5.55. The van der Waals surface area contributed by atoms with Crippen LogP contribution in [-0.2, 0) is 11.3 Å². The summed E-state index contributed by atoms with van der Waals surface area (Å²) in [5.41, 5.74) is 0.926. The highest BCUT2D eigenvalue weighted by Gasteiger charge is 2.20. The molecule has 0 spiro atoms. The van der Waals surface area contributed by atoms with E-state index in [9.17, 15) is 0 Å². The first-order valence-corrected chi connectivity index (χ1v) is 7.69. The Bertz CT molecular complexity index is 585. The number of benzene rings is 1. The van der Waals surface area contributed by atoms with Crippen LogP contribution in [0.4, 0.5) is 0 Å². The highest BCUT2D eigenvalue weighted by Crippen LogP contribution is 2.25. The number of likely N-dealkylation sites (tertiary alicyclic amines) is 1. The molecule has 0 N–H and O–H groups in total. The van der Waals surface area contributed by atoms with Gasteiger partial charge in [0, 0.05) is 25.1 Å². The van der Waals surface area contributed by atoms with Gasteiger partial charge in [0.2, 0.25) is 0 Å². The molecule has 3 rings (SSSR count). The van der Waals surface area contributed by atoms with E-state index >= 15 is 0 Å². The maximum atomic E-state index is 5.92. The number of rotatable bonds is 5. The monoisotopic (exact) mass is 289 g/mol. The average molecular weight is 289 g/mol. The van der Waals surface area contributed by atoms with Crippen LogP contribution in [0.5, 0.6) is 5.75 Å². The first-order valence-electron chi connectivity index (χ1n) is 7.69. The highest BCUT2D eigenvalue weighted by molar-refractivity contribution is 5.79. The van der Waals surface area contributed by atoms with Crippen LogP contribution in [0.15, 0.2) is 28.7 Å². The first kappa shape index (κ1) is 14.4. The molecule has 1 fully saturated rings. The Hall–Kier alpha value is -1.52. The third kappa shape index (κ3) is 3.39. The molecule has 1 aromatic heterocycles. The zero-order valence-electron chi connectivity index (χ0n) is 12.8. The van der Waals surface area contributed by atoms with E-state index in [0.717, 1.165) is 61.6 Å². The molecular weight excluding hydrogens is 266 g/mol. The van der Waals surface area contributed by atoms with Crippen molar-refractivity contribution >= 4 is 11.0 Å². The van der Waals surface area contributed by atoms with Gasteiger partial charge in [-0.1, -0.05) is 0 Å². The summed E-state index contributed by atoms with van der Waals surface area (Å²) in [6.45, 7) is 5.90. The zero-order valence-corrected chi connectivity index (χ0v) is 12.8. The van der Waals surface area contributed by atoms with Gasteiger partial charge in [-0.2, -0.15) is 0 Å². The van der Waals surface area contributed by atoms with Crippen molar-refractivity contribution in [3.8, 4) is 5.75 Å². The molecule has 4 nitrogen and oxygen atoms in total. The third-order valence-corrected chi connectivity index (χ3v) is 4.09. The Kier molecular flexibility index (Phi) is 4.46. The molecule has 2 aromatic rings. The fraction of sp³-hybridized carbons (Fsp3) is 0.529.